The number of likely N-dealkylation sites (N-methyl/N-ethyl adjacent to an activating group) is 1. The Balaban J connectivity index is 0.00000121. The Morgan fingerprint density at radius 2 is 1.85 bits per heavy atom. The molecule has 0 N–H and O–H groups in total. The SMILES string of the molecule is CC(CN1CCc2c(c(=O)oc3cc4c(cc23)OCO4)C1)N(C)C.Cl.Cl. The largest absolute Gasteiger partial charge is 0.454 e. The zero-order valence-corrected chi connectivity index (χ0v) is 16.7. The number of rotatable bonds is 3. The van der Waals surface area contributed by atoms with E-state index in [-0.39, 0.29) is 37.2 Å². The van der Waals surface area contributed by atoms with Crippen molar-refractivity contribution in [3.8, 4) is 11.5 Å². The molecule has 8 heteroatoms. The lowest BCUT2D eigenvalue weighted by molar-refractivity contribution is 0.174. The minimum atomic E-state index is -0.237. The highest BCUT2D eigenvalue weighted by Crippen LogP contribution is 2.38. The van der Waals surface area contributed by atoms with E-state index in [9.17, 15) is 4.79 Å². The Morgan fingerprint density at radius 3 is 2.54 bits per heavy atom. The average Bonchev–Trinajstić information content (AvgIpc) is 3.00. The summed E-state index contributed by atoms with van der Waals surface area (Å²) in [5, 5.41) is 0.967. The van der Waals surface area contributed by atoms with Gasteiger partial charge in [-0.05, 0) is 39.1 Å². The van der Waals surface area contributed by atoms with Crippen molar-refractivity contribution >= 4 is 35.8 Å². The van der Waals surface area contributed by atoms with Gasteiger partial charge in [-0.25, -0.2) is 4.79 Å². The first-order valence-electron chi connectivity index (χ1n) is 8.30. The Hall–Kier alpha value is -1.47. The van der Waals surface area contributed by atoms with Crippen LogP contribution in [-0.4, -0.2) is 49.8 Å². The number of fused-ring (bicyclic) bond motifs is 4. The van der Waals surface area contributed by atoms with E-state index < -0.39 is 0 Å². The van der Waals surface area contributed by atoms with Crippen LogP contribution in [0.1, 0.15) is 18.1 Å². The summed E-state index contributed by atoms with van der Waals surface area (Å²) in [6.45, 7) is 4.93. The second-order valence-electron chi connectivity index (χ2n) is 6.85. The molecule has 0 saturated heterocycles. The zero-order valence-electron chi connectivity index (χ0n) is 15.1. The molecule has 1 unspecified atom stereocenters. The fraction of sp³-hybridized carbons (Fsp3) is 0.500. The van der Waals surface area contributed by atoms with Gasteiger partial charge in [0.2, 0.25) is 6.79 Å². The average molecular weight is 403 g/mol. The summed E-state index contributed by atoms with van der Waals surface area (Å²) >= 11 is 0. The summed E-state index contributed by atoms with van der Waals surface area (Å²) in [5.74, 6) is 1.37. The van der Waals surface area contributed by atoms with Gasteiger partial charge in [0.05, 0.1) is 5.56 Å². The van der Waals surface area contributed by atoms with Crippen LogP contribution in [0.3, 0.4) is 0 Å². The smallest absolute Gasteiger partial charge is 0.341 e. The number of halogens is 2. The van der Waals surface area contributed by atoms with E-state index in [4.69, 9.17) is 13.9 Å². The van der Waals surface area contributed by atoms with Gasteiger partial charge in [0.1, 0.15) is 5.58 Å². The van der Waals surface area contributed by atoms with Crippen LogP contribution < -0.4 is 15.1 Å². The molecule has 1 aromatic carbocycles. The lowest BCUT2D eigenvalue weighted by Crippen LogP contribution is -2.42. The van der Waals surface area contributed by atoms with E-state index in [1.807, 2.05) is 6.07 Å². The van der Waals surface area contributed by atoms with Crippen molar-refractivity contribution in [2.24, 2.45) is 0 Å². The Bertz CT molecular complexity index is 853. The molecule has 0 aliphatic carbocycles. The van der Waals surface area contributed by atoms with Gasteiger partial charge in [0, 0.05) is 37.1 Å². The zero-order chi connectivity index (χ0) is 16.8. The van der Waals surface area contributed by atoms with Crippen LogP contribution in [0, 0.1) is 0 Å². The van der Waals surface area contributed by atoms with E-state index >= 15 is 0 Å². The van der Waals surface area contributed by atoms with E-state index in [0.29, 0.717) is 23.9 Å². The first kappa shape index (κ1) is 20.8. The monoisotopic (exact) mass is 402 g/mol. The van der Waals surface area contributed by atoms with Gasteiger partial charge in [-0.3, -0.25) is 4.90 Å². The van der Waals surface area contributed by atoms with E-state index in [0.717, 1.165) is 41.8 Å². The summed E-state index contributed by atoms with van der Waals surface area (Å²) in [7, 11) is 4.15. The Kier molecular flexibility index (Phi) is 6.45. The molecule has 26 heavy (non-hydrogen) atoms. The van der Waals surface area contributed by atoms with Crippen molar-refractivity contribution in [2.75, 3.05) is 34.0 Å². The molecule has 0 spiro atoms. The van der Waals surface area contributed by atoms with Crippen LogP contribution in [0.5, 0.6) is 11.5 Å². The molecule has 6 nitrogen and oxygen atoms in total. The predicted octanol–water partition coefficient (Wildman–Crippen LogP) is 2.67. The molecule has 2 aliphatic heterocycles. The van der Waals surface area contributed by atoms with Gasteiger partial charge in [0.25, 0.3) is 0 Å². The number of nitrogens with zero attached hydrogens (tertiary/aromatic N) is 2. The molecule has 1 aromatic heterocycles. The maximum atomic E-state index is 12.5. The van der Waals surface area contributed by atoms with Crippen molar-refractivity contribution in [1.82, 2.24) is 9.80 Å². The molecule has 3 heterocycles. The minimum Gasteiger partial charge on any atom is -0.454 e. The lowest BCUT2D eigenvalue weighted by atomic mass is 9.97. The predicted molar refractivity (Wildman–Crippen MR) is 105 cm³/mol. The van der Waals surface area contributed by atoms with Crippen LogP contribution in [0.2, 0.25) is 0 Å². The van der Waals surface area contributed by atoms with Crippen molar-refractivity contribution in [3.63, 3.8) is 0 Å². The molecule has 0 saturated carbocycles. The maximum Gasteiger partial charge on any atom is 0.341 e. The van der Waals surface area contributed by atoms with Gasteiger partial charge < -0.3 is 18.8 Å². The topological polar surface area (TPSA) is 55.2 Å². The number of ether oxygens (including phenoxy) is 2. The molecule has 0 amide bonds. The summed E-state index contributed by atoms with van der Waals surface area (Å²) < 4.78 is 16.4. The molecular formula is C18H24Cl2N2O4. The van der Waals surface area contributed by atoms with E-state index in [1.165, 1.54) is 0 Å². The minimum absolute atomic E-state index is 0. The number of benzene rings is 1. The number of hydrogen-bond donors (Lipinski definition) is 0. The normalized spacial score (nSPS) is 16.8. The lowest BCUT2D eigenvalue weighted by Gasteiger charge is -2.32. The van der Waals surface area contributed by atoms with Crippen LogP contribution >= 0.6 is 24.8 Å². The summed E-state index contributed by atoms with van der Waals surface area (Å²) in [4.78, 5) is 17.0. The van der Waals surface area contributed by atoms with E-state index in [2.05, 4.69) is 30.8 Å². The molecule has 144 valence electrons. The fourth-order valence-corrected chi connectivity index (χ4v) is 3.40. The fourth-order valence-electron chi connectivity index (χ4n) is 3.40. The van der Waals surface area contributed by atoms with Crippen molar-refractivity contribution in [3.05, 3.63) is 33.7 Å². The highest BCUT2D eigenvalue weighted by atomic mass is 35.5. The summed E-state index contributed by atoms with van der Waals surface area (Å²) in [5.41, 5.74) is 2.21. The molecule has 0 bridgehead atoms. The van der Waals surface area contributed by atoms with Crippen LogP contribution in [0.15, 0.2) is 21.3 Å². The molecule has 0 fully saturated rings. The first-order valence-corrected chi connectivity index (χ1v) is 8.30. The standard InChI is InChI=1S/C18H22N2O4.2ClH/c1-11(19(2)3)8-20-5-4-12-13-6-16-17(23-10-22-16)7-15(13)24-18(21)14(12)9-20;;/h6-7,11H,4-5,8-10H2,1-3H3;2*1H. The quantitative estimate of drug-likeness (QED) is 0.735. The summed E-state index contributed by atoms with van der Waals surface area (Å²) in [6, 6.07) is 4.14. The van der Waals surface area contributed by atoms with Gasteiger partial charge in [-0.15, -0.1) is 24.8 Å². The van der Waals surface area contributed by atoms with Crippen molar-refractivity contribution < 1.29 is 13.9 Å². The molecule has 4 rings (SSSR count). The van der Waals surface area contributed by atoms with Crippen molar-refractivity contribution in [2.45, 2.75) is 25.9 Å². The van der Waals surface area contributed by atoms with Crippen LogP contribution in [0.4, 0.5) is 0 Å². The van der Waals surface area contributed by atoms with Crippen LogP contribution in [0.25, 0.3) is 11.0 Å². The third-order valence-corrected chi connectivity index (χ3v) is 5.08. The first-order chi connectivity index (χ1) is 11.5. The third-order valence-electron chi connectivity index (χ3n) is 5.08. The maximum absolute atomic E-state index is 12.5. The van der Waals surface area contributed by atoms with E-state index in [1.54, 1.807) is 6.07 Å². The second kappa shape index (κ2) is 8.05. The molecule has 0 radical (unpaired) electrons. The Labute approximate surface area is 164 Å². The number of hydrogen-bond acceptors (Lipinski definition) is 6. The molecular weight excluding hydrogens is 379 g/mol. The van der Waals surface area contributed by atoms with Gasteiger partial charge in [-0.2, -0.15) is 0 Å². The highest BCUT2D eigenvalue weighted by Gasteiger charge is 2.26. The van der Waals surface area contributed by atoms with Gasteiger partial charge in [0.15, 0.2) is 11.5 Å². The summed E-state index contributed by atoms with van der Waals surface area (Å²) in [6.07, 6.45) is 0.844. The van der Waals surface area contributed by atoms with Crippen molar-refractivity contribution in [1.29, 1.82) is 0 Å². The van der Waals surface area contributed by atoms with Gasteiger partial charge in [-0.1, -0.05) is 0 Å². The molecule has 1 atom stereocenters. The third kappa shape index (κ3) is 3.64. The highest BCUT2D eigenvalue weighted by molar-refractivity contribution is 5.86. The molecule has 2 aromatic rings. The second-order valence-corrected chi connectivity index (χ2v) is 6.85. The molecule has 2 aliphatic rings. The van der Waals surface area contributed by atoms with Crippen LogP contribution in [-0.2, 0) is 13.0 Å². The van der Waals surface area contributed by atoms with Gasteiger partial charge >= 0.3 is 5.63 Å². The Morgan fingerprint density at radius 1 is 1.15 bits per heavy atom.